The summed E-state index contributed by atoms with van der Waals surface area (Å²) in [5, 5.41) is 3.16. The van der Waals surface area contributed by atoms with Gasteiger partial charge in [0.1, 0.15) is 5.82 Å². The van der Waals surface area contributed by atoms with Gasteiger partial charge in [-0.25, -0.2) is 4.39 Å². The van der Waals surface area contributed by atoms with Crippen LogP contribution in [-0.4, -0.2) is 66.1 Å². The molecule has 0 atom stereocenters. The molecule has 2 aliphatic rings. The third-order valence-corrected chi connectivity index (χ3v) is 6.69. The summed E-state index contributed by atoms with van der Waals surface area (Å²) < 4.78 is 13.7. The molecule has 1 aromatic carbocycles. The molecule has 7 heteroatoms. The number of benzene rings is 1. The fourth-order valence-corrected chi connectivity index (χ4v) is 4.67. The van der Waals surface area contributed by atoms with E-state index in [0.717, 1.165) is 18.8 Å². The lowest BCUT2D eigenvalue weighted by Gasteiger charge is -2.35. The number of carbonyl (C=O) groups excluding carboxylic acids is 2. The highest BCUT2D eigenvalue weighted by Crippen LogP contribution is 2.23. The standard InChI is InChI=1S/C21H30FN3O2S/c1-16-6-8-17(9-7-16)23-20(26)14-24-10-12-25(13-11-24)21(27)15-28-19-5-3-2-4-18(19)22/h2-5,16-17H,6-15H2,1H3,(H,23,26). The lowest BCUT2D eigenvalue weighted by atomic mass is 9.87. The van der Waals surface area contributed by atoms with Crippen LogP contribution in [0.3, 0.4) is 0 Å². The van der Waals surface area contributed by atoms with Crippen LogP contribution in [0.15, 0.2) is 29.2 Å². The van der Waals surface area contributed by atoms with Gasteiger partial charge in [0.25, 0.3) is 0 Å². The smallest absolute Gasteiger partial charge is 0.234 e. The van der Waals surface area contributed by atoms with Crippen molar-refractivity contribution in [1.29, 1.82) is 0 Å². The normalized spacial score (nSPS) is 23.4. The van der Waals surface area contributed by atoms with Crippen molar-refractivity contribution >= 4 is 23.6 Å². The van der Waals surface area contributed by atoms with Crippen LogP contribution in [0.5, 0.6) is 0 Å². The average molecular weight is 408 g/mol. The predicted octanol–water partition coefficient (Wildman–Crippen LogP) is 2.76. The number of piperazine rings is 1. The molecule has 1 N–H and O–H groups in total. The van der Waals surface area contributed by atoms with Crippen LogP contribution in [0.1, 0.15) is 32.6 Å². The summed E-state index contributed by atoms with van der Waals surface area (Å²) in [4.78, 5) is 29.1. The first-order valence-electron chi connectivity index (χ1n) is 10.2. The summed E-state index contributed by atoms with van der Waals surface area (Å²) in [6, 6.07) is 6.84. The van der Waals surface area contributed by atoms with Crippen molar-refractivity contribution in [3.05, 3.63) is 30.1 Å². The minimum atomic E-state index is -0.288. The van der Waals surface area contributed by atoms with Gasteiger partial charge in [0.15, 0.2) is 0 Å². The highest BCUT2D eigenvalue weighted by Gasteiger charge is 2.24. The molecule has 3 rings (SSSR count). The molecule has 0 spiro atoms. The van der Waals surface area contributed by atoms with Crippen molar-refractivity contribution in [2.24, 2.45) is 5.92 Å². The van der Waals surface area contributed by atoms with Crippen LogP contribution in [0, 0.1) is 11.7 Å². The van der Waals surface area contributed by atoms with Crippen LogP contribution in [0.2, 0.25) is 0 Å². The molecule has 1 aliphatic heterocycles. The number of amides is 2. The Labute approximate surface area is 171 Å². The van der Waals surface area contributed by atoms with E-state index in [1.807, 2.05) is 4.90 Å². The summed E-state index contributed by atoms with van der Waals surface area (Å²) in [7, 11) is 0. The topological polar surface area (TPSA) is 52.7 Å². The zero-order chi connectivity index (χ0) is 19.9. The summed E-state index contributed by atoms with van der Waals surface area (Å²) in [6.45, 7) is 5.30. The largest absolute Gasteiger partial charge is 0.352 e. The first kappa shape index (κ1) is 21.1. The fraction of sp³-hybridized carbons (Fsp3) is 0.619. The van der Waals surface area contributed by atoms with E-state index in [0.29, 0.717) is 43.7 Å². The van der Waals surface area contributed by atoms with E-state index in [1.165, 1.54) is 30.7 Å². The van der Waals surface area contributed by atoms with Crippen LogP contribution in [-0.2, 0) is 9.59 Å². The number of nitrogens with one attached hydrogen (secondary N) is 1. The SMILES string of the molecule is CC1CCC(NC(=O)CN2CCN(C(=O)CSc3ccccc3F)CC2)CC1. The zero-order valence-corrected chi connectivity index (χ0v) is 17.3. The highest BCUT2D eigenvalue weighted by molar-refractivity contribution is 8.00. The third-order valence-electron chi connectivity index (χ3n) is 5.66. The van der Waals surface area contributed by atoms with E-state index >= 15 is 0 Å². The Bertz CT molecular complexity index is 671. The van der Waals surface area contributed by atoms with Gasteiger partial charge in [-0.15, -0.1) is 11.8 Å². The van der Waals surface area contributed by atoms with Crippen molar-refractivity contribution in [2.45, 2.75) is 43.5 Å². The van der Waals surface area contributed by atoms with Crippen molar-refractivity contribution < 1.29 is 14.0 Å². The van der Waals surface area contributed by atoms with Crippen molar-refractivity contribution in [3.8, 4) is 0 Å². The van der Waals surface area contributed by atoms with E-state index in [4.69, 9.17) is 0 Å². The van der Waals surface area contributed by atoms with Gasteiger partial charge in [-0.3, -0.25) is 14.5 Å². The maximum Gasteiger partial charge on any atom is 0.234 e. The van der Waals surface area contributed by atoms with E-state index in [1.54, 1.807) is 18.2 Å². The number of thioether (sulfide) groups is 1. The van der Waals surface area contributed by atoms with E-state index in [2.05, 4.69) is 17.1 Å². The minimum Gasteiger partial charge on any atom is -0.352 e. The van der Waals surface area contributed by atoms with Crippen molar-refractivity contribution in [1.82, 2.24) is 15.1 Å². The number of hydrogen-bond acceptors (Lipinski definition) is 4. The van der Waals surface area contributed by atoms with Gasteiger partial charge in [-0.1, -0.05) is 19.1 Å². The van der Waals surface area contributed by atoms with Gasteiger partial charge in [-0.2, -0.15) is 0 Å². The van der Waals surface area contributed by atoms with Crippen molar-refractivity contribution in [2.75, 3.05) is 38.5 Å². The fourth-order valence-electron chi connectivity index (χ4n) is 3.83. The van der Waals surface area contributed by atoms with Crippen molar-refractivity contribution in [3.63, 3.8) is 0 Å². The maximum absolute atomic E-state index is 13.7. The molecule has 28 heavy (non-hydrogen) atoms. The second-order valence-electron chi connectivity index (χ2n) is 7.90. The Balaban J connectivity index is 1.35. The molecule has 1 heterocycles. The van der Waals surface area contributed by atoms with E-state index < -0.39 is 0 Å². The van der Waals surface area contributed by atoms with Crippen LogP contribution in [0.25, 0.3) is 0 Å². The summed E-state index contributed by atoms with van der Waals surface area (Å²) in [5.74, 6) is 0.837. The number of hydrogen-bond donors (Lipinski definition) is 1. The molecule has 1 saturated carbocycles. The Hall–Kier alpha value is -1.60. The summed E-state index contributed by atoms with van der Waals surface area (Å²) >= 11 is 1.24. The Morgan fingerprint density at radius 3 is 2.46 bits per heavy atom. The Morgan fingerprint density at radius 1 is 1.11 bits per heavy atom. The molecule has 0 aromatic heterocycles. The molecule has 1 aromatic rings. The van der Waals surface area contributed by atoms with E-state index in [-0.39, 0.29) is 23.4 Å². The van der Waals surface area contributed by atoms with Gasteiger partial charge >= 0.3 is 0 Å². The average Bonchev–Trinajstić information content (AvgIpc) is 2.69. The number of nitrogens with zero attached hydrogens (tertiary/aromatic N) is 2. The lowest BCUT2D eigenvalue weighted by Crippen LogP contribution is -2.52. The van der Waals surface area contributed by atoms with Crippen LogP contribution in [0.4, 0.5) is 4.39 Å². The summed E-state index contributed by atoms with van der Waals surface area (Å²) in [6.07, 6.45) is 4.54. The molecule has 2 fully saturated rings. The molecule has 154 valence electrons. The Morgan fingerprint density at radius 2 is 1.79 bits per heavy atom. The van der Waals surface area contributed by atoms with Gasteiger partial charge in [0.2, 0.25) is 11.8 Å². The van der Waals surface area contributed by atoms with Gasteiger partial charge in [0.05, 0.1) is 12.3 Å². The predicted molar refractivity (Wildman–Crippen MR) is 110 cm³/mol. The maximum atomic E-state index is 13.7. The number of halogens is 1. The van der Waals surface area contributed by atoms with Crippen LogP contribution >= 0.6 is 11.8 Å². The molecule has 0 bridgehead atoms. The Kier molecular flexibility index (Phi) is 7.73. The first-order chi connectivity index (χ1) is 13.5. The quantitative estimate of drug-likeness (QED) is 0.737. The number of rotatable bonds is 6. The molecule has 1 aliphatic carbocycles. The minimum absolute atomic E-state index is 0.0219. The van der Waals surface area contributed by atoms with Gasteiger partial charge in [-0.05, 0) is 43.7 Å². The first-order valence-corrected chi connectivity index (χ1v) is 11.2. The molecule has 5 nitrogen and oxygen atoms in total. The highest BCUT2D eigenvalue weighted by atomic mass is 32.2. The zero-order valence-electron chi connectivity index (χ0n) is 16.5. The lowest BCUT2D eigenvalue weighted by molar-refractivity contribution is -0.130. The summed E-state index contributed by atoms with van der Waals surface area (Å²) in [5.41, 5.74) is 0. The molecule has 1 saturated heterocycles. The molecule has 0 radical (unpaired) electrons. The monoisotopic (exact) mass is 407 g/mol. The van der Waals surface area contributed by atoms with E-state index in [9.17, 15) is 14.0 Å². The number of carbonyl (C=O) groups is 2. The molecular weight excluding hydrogens is 377 g/mol. The molecule has 0 unspecified atom stereocenters. The molecule has 2 amide bonds. The second kappa shape index (κ2) is 10.3. The van der Waals surface area contributed by atoms with Gasteiger partial charge in [0, 0.05) is 37.1 Å². The third kappa shape index (κ3) is 6.21. The molecular formula is C21H30FN3O2S. The van der Waals surface area contributed by atoms with Crippen LogP contribution < -0.4 is 5.32 Å². The second-order valence-corrected chi connectivity index (χ2v) is 8.92. The van der Waals surface area contributed by atoms with Gasteiger partial charge < -0.3 is 10.2 Å².